The van der Waals surface area contributed by atoms with Crippen molar-refractivity contribution in [1.29, 1.82) is 0 Å². The quantitative estimate of drug-likeness (QED) is 0.512. The largest absolute Gasteiger partial charge is 0.350 e. The van der Waals surface area contributed by atoms with Gasteiger partial charge in [0.05, 0.1) is 6.04 Å². The monoisotopic (exact) mass is 399 g/mol. The molecule has 1 aromatic carbocycles. The molecule has 0 aliphatic carbocycles. The maximum absolute atomic E-state index is 12.9. The lowest BCUT2D eigenvalue weighted by atomic mass is 10.2. The van der Waals surface area contributed by atoms with Crippen molar-refractivity contribution in [2.24, 2.45) is 0 Å². The fraction of sp³-hybridized carbons (Fsp3) is 0.211. The highest BCUT2D eigenvalue weighted by molar-refractivity contribution is 7.98. The first-order valence-corrected chi connectivity index (χ1v) is 10.3. The molecule has 1 atom stereocenters. The maximum atomic E-state index is 12.9. The van der Waals surface area contributed by atoms with E-state index in [1.54, 1.807) is 11.8 Å². The summed E-state index contributed by atoms with van der Waals surface area (Å²) in [4.78, 5) is 16.0. The zero-order chi connectivity index (χ0) is 18.8. The third-order valence-electron chi connectivity index (χ3n) is 4.40. The second kappa shape index (κ2) is 7.62. The first-order valence-electron chi connectivity index (χ1n) is 8.53. The van der Waals surface area contributed by atoms with E-state index >= 15 is 0 Å². The lowest BCUT2D eigenvalue weighted by Gasteiger charge is -2.16. The minimum absolute atomic E-state index is 0.180. The van der Waals surface area contributed by atoms with Crippen LogP contribution < -0.4 is 5.32 Å². The van der Waals surface area contributed by atoms with Gasteiger partial charge in [0, 0.05) is 22.1 Å². The molecule has 0 aliphatic heterocycles. The van der Waals surface area contributed by atoms with Crippen LogP contribution in [0.4, 0.5) is 0 Å². The van der Waals surface area contributed by atoms with Gasteiger partial charge in [-0.05, 0) is 48.8 Å². The maximum Gasteiger partial charge on any atom is 0.268 e. The summed E-state index contributed by atoms with van der Waals surface area (Å²) in [5.74, 6) is 1.45. The van der Waals surface area contributed by atoms with Crippen LogP contribution in [0.1, 0.15) is 28.8 Å². The first kappa shape index (κ1) is 17.9. The van der Waals surface area contributed by atoms with Crippen molar-refractivity contribution in [2.45, 2.75) is 12.5 Å². The molecule has 1 unspecified atom stereocenters. The van der Waals surface area contributed by atoms with Crippen molar-refractivity contribution in [3.05, 3.63) is 65.2 Å². The molecule has 0 saturated heterocycles. The van der Waals surface area contributed by atoms with Crippen LogP contribution in [0, 0.1) is 0 Å². The van der Waals surface area contributed by atoms with Gasteiger partial charge in [0.25, 0.3) is 5.91 Å². The zero-order valence-electron chi connectivity index (χ0n) is 14.6. The molecule has 8 heteroatoms. The highest BCUT2D eigenvalue weighted by Crippen LogP contribution is 2.22. The summed E-state index contributed by atoms with van der Waals surface area (Å²) >= 11 is 7.76. The normalized spacial score (nSPS) is 12.5. The third kappa shape index (κ3) is 3.65. The summed E-state index contributed by atoms with van der Waals surface area (Å²) in [5, 5.41) is 13.2. The van der Waals surface area contributed by atoms with Crippen LogP contribution in [-0.4, -0.2) is 37.5 Å². The SMILES string of the molecule is CSCCC(NC(=O)c1cc2ccc(Cl)cc2[nH]1)c1nnc2ccccn12. The van der Waals surface area contributed by atoms with Crippen molar-refractivity contribution in [3.8, 4) is 0 Å². The van der Waals surface area contributed by atoms with Crippen molar-refractivity contribution in [1.82, 2.24) is 24.9 Å². The minimum atomic E-state index is -0.239. The van der Waals surface area contributed by atoms with E-state index in [0.29, 0.717) is 10.7 Å². The molecular weight excluding hydrogens is 382 g/mol. The summed E-state index contributed by atoms with van der Waals surface area (Å²) < 4.78 is 1.91. The van der Waals surface area contributed by atoms with Crippen LogP contribution in [0.5, 0.6) is 0 Å². The molecule has 6 nitrogen and oxygen atoms in total. The second-order valence-corrected chi connectivity index (χ2v) is 7.63. The van der Waals surface area contributed by atoms with Crippen LogP contribution in [0.25, 0.3) is 16.6 Å². The number of aromatic amines is 1. The molecule has 0 bridgehead atoms. The lowest BCUT2D eigenvalue weighted by molar-refractivity contribution is 0.0929. The van der Waals surface area contributed by atoms with E-state index < -0.39 is 0 Å². The predicted molar refractivity (Wildman–Crippen MR) is 110 cm³/mol. The Kier molecular flexibility index (Phi) is 5.05. The Labute approximate surface area is 165 Å². The van der Waals surface area contributed by atoms with E-state index in [2.05, 4.69) is 20.5 Å². The number of rotatable bonds is 6. The topological polar surface area (TPSA) is 75.1 Å². The Morgan fingerprint density at radius 1 is 1.30 bits per heavy atom. The van der Waals surface area contributed by atoms with Crippen LogP contribution in [0.15, 0.2) is 48.7 Å². The number of hydrogen-bond donors (Lipinski definition) is 2. The Balaban J connectivity index is 1.63. The number of nitrogens with one attached hydrogen (secondary N) is 2. The molecule has 1 amide bonds. The van der Waals surface area contributed by atoms with Gasteiger partial charge in [-0.15, -0.1) is 10.2 Å². The zero-order valence-corrected chi connectivity index (χ0v) is 16.2. The Hall–Kier alpha value is -2.51. The van der Waals surface area contributed by atoms with Gasteiger partial charge in [0.15, 0.2) is 11.5 Å². The molecule has 4 aromatic rings. The van der Waals surface area contributed by atoms with Crippen molar-refractivity contribution in [3.63, 3.8) is 0 Å². The summed E-state index contributed by atoms with van der Waals surface area (Å²) in [6.45, 7) is 0. The van der Waals surface area contributed by atoms with Crippen molar-refractivity contribution in [2.75, 3.05) is 12.0 Å². The first-order chi connectivity index (χ1) is 13.2. The van der Waals surface area contributed by atoms with Crippen LogP contribution >= 0.6 is 23.4 Å². The molecule has 4 rings (SSSR count). The molecule has 2 N–H and O–H groups in total. The average Bonchev–Trinajstić information content (AvgIpc) is 3.28. The third-order valence-corrected chi connectivity index (χ3v) is 5.28. The van der Waals surface area contributed by atoms with E-state index in [4.69, 9.17) is 11.6 Å². The fourth-order valence-electron chi connectivity index (χ4n) is 3.06. The van der Waals surface area contributed by atoms with Gasteiger partial charge in [-0.3, -0.25) is 9.20 Å². The van der Waals surface area contributed by atoms with Crippen molar-refractivity contribution < 1.29 is 4.79 Å². The molecule has 0 aliphatic rings. The molecule has 0 spiro atoms. The number of benzene rings is 1. The molecule has 3 heterocycles. The second-order valence-electron chi connectivity index (χ2n) is 6.21. The number of halogens is 1. The van der Waals surface area contributed by atoms with E-state index in [1.807, 2.05) is 59.3 Å². The average molecular weight is 400 g/mol. The number of carbonyl (C=O) groups excluding carboxylic acids is 1. The number of pyridine rings is 1. The van der Waals surface area contributed by atoms with Gasteiger partial charge in [-0.1, -0.05) is 23.7 Å². The number of H-pyrrole nitrogens is 1. The van der Waals surface area contributed by atoms with Gasteiger partial charge in [0.1, 0.15) is 5.69 Å². The predicted octanol–water partition coefficient (Wildman–Crippen LogP) is 4.09. The highest BCUT2D eigenvalue weighted by Gasteiger charge is 2.21. The number of carbonyl (C=O) groups is 1. The molecule has 0 saturated carbocycles. The number of aromatic nitrogens is 4. The Bertz CT molecular complexity index is 1110. The smallest absolute Gasteiger partial charge is 0.268 e. The number of thioether (sulfide) groups is 1. The van der Waals surface area contributed by atoms with Gasteiger partial charge >= 0.3 is 0 Å². The lowest BCUT2D eigenvalue weighted by Crippen LogP contribution is -2.30. The van der Waals surface area contributed by atoms with Crippen LogP contribution in [-0.2, 0) is 0 Å². The van der Waals surface area contributed by atoms with Gasteiger partial charge in [-0.25, -0.2) is 0 Å². The van der Waals surface area contributed by atoms with Gasteiger partial charge < -0.3 is 10.3 Å². The van der Waals surface area contributed by atoms with Crippen LogP contribution in [0.2, 0.25) is 5.02 Å². The summed E-state index contributed by atoms with van der Waals surface area (Å²) in [6, 6.07) is 12.8. The van der Waals surface area contributed by atoms with Gasteiger partial charge in [-0.2, -0.15) is 11.8 Å². The molecule has 3 aromatic heterocycles. The number of nitrogens with zero attached hydrogens (tertiary/aromatic N) is 3. The number of amides is 1. The molecule has 27 heavy (non-hydrogen) atoms. The molecule has 138 valence electrons. The van der Waals surface area contributed by atoms with Crippen molar-refractivity contribution >= 4 is 45.8 Å². The van der Waals surface area contributed by atoms with Crippen LogP contribution in [0.3, 0.4) is 0 Å². The summed E-state index contributed by atoms with van der Waals surface area (Å²) in [5.41, 5.74) is 2.09. The fourth-order valence-corrected chi connectivity index (χ4v) is 3.70. The van der Waals surface area contributed by atoms with E-state index in [9.17, 15) is 4.79 Å². The molecule has 0 radical (unpaired) electrons. The molecule has 0 fully saturated rings. The minimum Gasteiger partial charge on any atom is -0.350 e. The summed E-state index contributed by atoms with van der Waals surface area (Å²) in [6.07, 6.45) is 4.71. The Morgan fingerprint density at radius 3 is 3.04 bits per heavy atom. The van der Waals surface area contributed by atoms with E-state index in [-0.39, 0.29) is 11.9 Å². The Morgan fingerprint density at radius 2 is 2.19 bits per heavy atom. The number of hydrogen-bond acceptors (Lipinski definition) is 4. The molecular formula is C19H18ClN5OS. The highest BCUT2D eigenvalue weighted by atomic mass is 35.5. The standard InChI is InChI=1S/C19H18ClN5OS/c1-27-9-7-14(18-24-23-17-4-2-3-8-25(17)18)22-19(26)16-10-12-5-6-13(20)11-15(12)21-16/h2-6,8,10-11,14,21H,7,9H2,1H3,(H,22,26). The van der Waals surface area contributed by atoms with E-state index in [1.165, 1.54) is 0 Å². The number of fused-ring (bicyclic) bond motifs is 2. The van der Waals surface area contributed by atoms with E-state index in [0.717, 1.165) is 34.5 Å². The summed E-state index contributed by atoms with van der Waals surface area (Å²) in [7, 11) is 0. The van der Waals surface area contributed by atoms with Gasteiger partial charge in [0.2, 0.25) is 0 Å².